The van der Waals surface area contributed by atoms with E-state index in [-0.39, 0.29) is 11.6 Å². The molecule has 0 aliphatic rings. The van der Waals surface area contributed by atoms with Crippen molar-refractivity contribution in [1.29, 1.82) is 0 Å². The highest BCUT2D eigenvalue weighted by Crippen LogP contribution is 2.29. The zero-order valence-corrected chi connectivity index (χ0v) is 14.3. The fraction of sp³-hybridized carbons (Fsp3) is 0.263. The molecule has 3 rings (SSSR count). The van der Waals surface area contributed by atoms with Crippen LogP contribution in [0.2, 0.25) is 0 Å². The Hall–Kier alpha value is -2.80. The van der Waals surface area contributed by atoms with Gasteiger partial charge in [-0.05, 0) is 24.2 Å². The Morgan fingerprint density at radius 1 is 1.04 bits per heavy atom. The average molecular weight is 359 g/mol. The third-order valence-electron chi connectivity index (χ3n) is 3.87. The maximum absolute atomic E-state index is 12.6. The van der Waals surface area contributed by atoms with Crippen molar-refractivity contribution in [2.24, 2.45) is 0 Å². The highest BCUT2D eigenvalue weighted by atomic mass is 19.3. The van der Waals surface area contributed by atoms with Gasteiger partial charge in [-0.1, -0.05) is 54.5 Å². The average Bonchev–Trinajstić information content (AvgIpc) is 3.10. The van der Waals surface area contributed by atoms with Crippen LogP contribution in [-0.4, -0.2) is 28.2 Å². The fourth-order valence-corrected chi connectivity index (χ4v) is 2.59. The number of alkyl halides is 2. The Bertz CT molecular complexity index is 824. The second-order valence-electron chi connectivity index (χ2n) is 5.68. The van der Waals surface area contributed by atoms with E-state index in [9.17, 15) is 8.78 Å². The van der Waals surface area contributed by atoms with E-state index in [2.05, 4.69) is 31.9 Å². The molecule has 1 aromatic heterocycles. The molecule has 0 saturated carbocycles. The van der Waals surface area contributed by atoms with E-state index in [4.69, 9.17) is 4.52 Å². The first-order valence-electron chi connectivity index (χ1n) is 8.28. The molecule has 0 fully saturated rings. The smallest absolute Gasteiger partial charge is 0.387 e. The number of para-hydroxylation sites is 1. The van der Waals surface area contributed by atoms with Crippen LogP contribution >= 0.6 is 0 Å². The Labute approximate surface area is 150 Å². The van der Waals surface area contributed by atoms with Crippen LogP contribution in [0.15, 0.2) is 59.1 Å². The number of hydrogen-bond acceptors (Lipinski definition) is 5. The molecule has 0 aliphatic carbocycles. The van der Waals surface area contributed by atoms with Gasteiger partial charge in [0.1, 0.15) is 5.75 Å². The van der Waals surface area contributed by atoms with Gasteiger partial charge in [0.2, 0.25) is 11.7 Å². The van der Waals surface area contributed by atoms with Gasteiger partial charge in [-0.15, -0.1) is 0 Å². The zero-order valence-electron chi connectivity index (χ0n) is 14.3. The van der Waals surface area contributed by atoms with Gasteiger partial charge in [-0.2, -0.15) is 13.8 Å². The summed E-state index contributed by atoms with van der Waals surface area (Å²) in [7, 11) is 0. The molecule has 0 spiro atoms. The lowest BCUT2D eigenvalue weighted by molar-refractivity contribution is -0.0494. The molecule has 0 aliphatic heterocycles. The lowest BCUT2D eigenvalue weighted by Crippen LogP contribution is -2.22. The largest absolute Gasteiger partial charge is 0.434 e. The van der Waals surface area contributed by atoms with E-state index in [1.54, 1.807) is 18.2 Å². The molecule has 3 aromatic rings. The molecule has 26 heavy (non-hydrogen) atoms. The molecule has 7 heteroatoms. The molecule has 2 aromatic carbocycles. The highest BCUT2D eigenvalue weighted by Gasteiger charge is 2.17. The maximum Gasteiger partial charge on any atom is 0.387 e. The summed E-state index contributed by atoms with van der Waals surface area (Å²) in [5.74, 6) is 0.670. The summed E-state index contributed by atoms with van der Waals surface area (Å²) >= 11 is 0. The standard InChI is InChI=1S/C19H19F2N3O2/c1-2-24(12-14-8-4-3-5-9-14)13-17-22-18(23-26-17)15-10-6-7-11-16(15)25-19(20)21/h3-11,19H,2,12-13H2,1H3. The third-order valence-corrected chi connectivity index (χ3v) is 3.87. The molecule has 0 unspecified atom stereocenters. The highest BCUT2D eigenvalue weighted by molar-refractivity contribution is 5.63. The van der Waals surface area contributed by atoms with E-state index >= 15 is 0 Å². The molecule has 0 bridgehead atoms. The normalized spacial score (nSPS) is 11.3. The van der Waals surface area contributed by atoms with Crippen molar-refractivity contribution in [3.8, 4) is 17.1 Å². The molecule has 0 saturated heterocycles. The summed E-state index contributed by atoms with van der Waals surface area (Å²) in [5, 5.41) is 3.91. The number of ether oxygens (including phenoxy) is 1. The van der Waals surface area contributed by atoms with Crippen molar-refractivity contribution in [2.75, 3.05) is 6.54 Å². The van der Waals surface area contributed by atoms with Crippen molar-refractivity contribution in [3.05, 3.63) is 66.1 Å². The van der Waals surface area contributed by atoms with Crippen LogP contribution in [0.4, 0.5) is 8.78 Å². The van der Waals surface area contributed by atoms with Crippen LogP contribution in [-0.2, 0) is 13.1 Å². The van der Waals surface area contributed by atoms with Gasteiger partial charge in [0.25, 0.3) is 0 Å². The molecule has 0 amide bonds. The number of aromatic nitrogens is 2. The van der Waals surface area contributed by atoms with Crippen LogP contribution in [0.25, 0.3) is 11.4 Å². The van der Waals surface area contributed by atoms with Crippen LogP contribution < -0.4 is 4.74 Å². The SMILES string of the molecule is CCN(Cc1ccccc1)Cc1nc(-c2ccccc2OC(F)F)no1. The van der Waals surface area contributed by atoms with Crippen LogP contribution in [0.3, 0.4) is 0 Å². The van der Waals surface area contributed by atoms with Crippen LogP contribution in [0, 0.1) is 0 Å². The minimum absolute atomic E-state index is 0.0199. The first-order chi connectivity index (χ1) is 12.7. The van der Waals surface area contributed by atoms with Gasteiger partial charge in [-0.25, -0.2) is 0 Å². The van der Waals surface area contributed by atoms with E-state index in [1.165, 1.54) is 11.6 Å². The molecule has 0 atom stereocenters. The number of halogens is 2. The van der Waals surface area contributed by atoms with Gasteiger partial charge in [0.15, 0.2) is 0 Å². The minimum Gasteiger partial charge on any atom is -0.434 e. The summed E-state index contributed by atoms with van der Waals surface area (Å²) in [5.41, 5.74) is 1.55. The molecule has 1 heterocycles. The summed E-state index contributed by atoms with van der Waals surface area (Å²) < 4.78 is 34.9. The molecule has 0 N–H and O–H groups in total. The van der Waals surface area contributed by atoms with Gasteiger partial charge in [0, 0.05) is 6.54 Å². The number of nitrogens with zero attached hydrogens (tertiary/aromatic N) is 3. The van der Waals surface area contributed by atoms with E-state index in [1.807, 2.05) is 25.1 Å². The Morgan fingerprint density at radius 3 is 2.50 bits per heavy atom. The Kier molecular flexibility index (Phi) is 5.91. The third kappa shape index (κ3) is 4.64. The summed E-state index contributed by atoms with van der Waals surface area (Å²) in [4.78, 5) is 6.48. The predicted molar refractivity (Wildman–Crippen MR) is 92.6 cm³/mol. The lowest BCUT2D eigenvalue weighted by atomic mass is 10.2. The Morgan fingerprint density at radius 2 is 1.77 bits per heavy atom. The van der Waals surface area contributed by atoms with Crippen molar-refractivity contribution >= 4 is 0 Å². The van der Waals surface area contributed by atoms with Crippen molar-refractivity contribution in [3.63, 3.8) is 0 Å². The molecular formula is C19H19F2N3O2. The predicted octanol–water partition coefficient (Wildman–Crippen LogP) is 4.36. The first-order valence-corrected chi connectivity index (χ1v) is 8.28. The number of benzene rings is 2. The van der Waals surface area contributed by atoms with Crippen molar-refractivity contribution in [1.82, 2.24) is 15.0 Å². The molecular weight excluding hydrogens is 340 g/mol. The van der Waals surface area contributed by atoms with Gasteiger partial charge >= 0.3 is 6.61 Å². The van der Waals surface area contributed by atoms with Crippen LogP contribution in [0.1, 0.15) is 18.4 Å². The lowest BCUT2D eigenvalue weighted by Gasteiger charge is -2.18. The van der Waals surface area contributed by atoms with Crippen LogP contribution in [0.5, 0.6) is 5.75 Å². The molecule has 5 nitrogen and oxygen atoms in total. The van der Waals surface area contributed by atoms with Crippen molar-refractivity contribution in [2.45, 2.75) is 26.6 Å². The Balaban J connectivity index is 1.73. The van der Waals surface area contributed by atoms with Crippen molar-refractivity contribution < 1.29 is 18.0 Å². The minimum atomic E-state index is -2.91. The topological polar surface area (TPSA) is 51.4 Å². The summed E-state index contributed by atoms with van der Waals surface area (Å²) in [6, 6.07) is 16.5. The van der Waals surface area contributed by atoms with E-state index < -0.39 is 6.61 Å². The second-order valence-corrected chi connectivity index (χ2v) is 5.68. The maximum atomic E-state index is 12.6. The monoisotopic (exact) mass is 359 g/mol. The summed E-state index contributed by atoms with van der Waals surface area (Å²) in [6.45, 7) is 1.16. The van der Waals surface area contributed by atoms with Gasteiger partial charge < -0.3 is 9.26 Å². The first kappa shape index (κ1) is 18.0. The second kappa shape index (κ2) is 8.53. The number of hydrogen-bond donors (Lipinski definition) is 0. The quantitative estimate of drug-likeness (QED) is 0.598. The van der Waals surface area contributed by atoms with Gasteiger partial charge in [0.05, 0.1) is 12.1 Å². The molecule has 136 valence electrons. The molecule has 0 radical (unpaired) electrons. The number of rotatable bonds is 8. The van der Waals surface area contributed by atoms with E-state index in [0.717, 1.165) is 13.1 Å². The van der Waals surface area contributed by atoms with Gasteiger partial charge in [-0.3, -0.25) is 4.90 Å². The fourth-order valence-electron chi connectivity index (χ4n) is 2.59. The zero-order chi connectivity index (χ0) is 18.4. The van der Waals surface area contributed by atoms with E-state index in [0.29, 0.717) is 18.0 Å². The summed E-state index contributed by atoms with van der Waals surface area (Å²) in [6.07, 6.45) is 0.